The van der Waals surface area contributed by atoms with Crippen LogP contribution in [0.3, 0.4) is 0 Å². The molecule has 6 aromatic carbocycles. The van der Waals surface area contributed by atoms with Crippen LogP contribution in [0.25, 0.3) is 16.8 Å². The number of nitrogens with one attached hydrogen (secondary N) is 2. The number of para-hydroxylation sites is 1. The third-order valence-electron chi connectivity index (χ3n) is 11.1. The molecule has 0 aromatic heterocycles. The number of ether oxygens (including phenoxy) is 1. The molecule has 50 heavy (non-hydrogen) atoms. The van der Waals surface area contributed by atoms with Crippen LogP contribution in [0, 0.1) is 5.92 Å². The number of allylic oxidation sites excluding steroid dienone is 4. The van der Waals surface area contributed by atoms with Crippen molar-refractivity contribution in [3.8, 4) is 22.6 Å². The van der Waals surface area contributed by atoms with Gasteiger partial charge in [0.15, 0.2) is 0 Å². The third kappa shape index (κ3) is 4.47. The normalized spacial score (nSPS) is 23.9. The number of rotatable bonds is 4. The molecule has 5 unspecified atom stereocenters. The van der Waals surface area contributed by atoms with Crippen LogP contribution in [0.4, 0.5) is 0 Å². The second-order valence-electron chi connectivity index (χ2n) is 13.7. The van der Waals surface area contributed by atoms with Gasteiger partial charge < -0.3 is 10.1 Å². The molecule has 6 aromatic rings. The van der Waals surface area contributed by atoms with E-state index in [-0.39, 0.29) is 23.5 Å². The number of hydrogen-bond acceptors (Lipinski definition) is 3. The average molecular weight is 645 g/mol. The quantitative estimate of drug-likeness (QED) is 0.200. The molecule has 0 amide bonds. The zero-order chi connectivity index (χ0) is 33.1. The fourth-order valence-electron chi connectivity index (χ4n) is 8.88. The molecule has 10 rings (SSSR count). The van der Waals surface area contributed by atoms with Crippen molar-refractivity contribution >= 4 is 5.70 Å². The minimum Gasteiger partial charge on any atom is -0.457 e. The molecule has 3 heteroatoms. The summed E-state index contributed by atoms with van der Waals surface area (Å²) >= 11 is 0. The molecule has 2 N–H and O–H groups in total. The van der Waals surface area contributed by atoms with Crippen LogP contribution in [-0.4, -0.2) is 0 Å². The molecule has 2 aliphatic carbocycles. The molecule has 0 fully saturated rings. The molecule has 0 radical (unpaired) electrons. The lowest BCUT2D eigenvalue weighted by atomic mass is 9.61. The van der Waals surface area contributed by atoms with Gasteiger partial charge in [-0.2, -0.15) is 0 Å². The Morgan fingerprint density at radius 3 is 2.04 bits per heavy atom. The Morgan fingerprint density at radius 1 is 0.520 bits per heavy atom. The number of hydrogen-bond donors (Lipinski definition) is 2. The standard InChI is InChI=1S/C47H36N2O/c1-3-13-32(14-4-1)42-30-43(33-15-5-2-6-16-33)49-46(48-42)34-25-23-31(24-26-34)35-27-28-45-41(29-35)47(40-21-11-12-22-44(40)50-45)38-19-9-7-17-36(38)37-18-8-10-20-39(37)47/h1-30,36,38,42,46,48-49H. The van der Waals surface area contributed by atoms with Gasteiger partial charge >= 0.3 is 0 Å². The van der Waals surface area contributed by atoms with Crippen LogP contribution >= 0.6 is 0 Å². The smallest absolute Gasteiger partial charge is 0.131 e. The lowest BCUT2D eigenvalue weighted by Gasteiger charge is -2.43. The zero-order valence-corrected chi connectivity index (χ0v) is 27.5. The molecule has 0 saturated heterocycles. The monoisotopic (exact) mass is 644 g/mol. The number of benzene rings is 6. The average Bonchev–Trinajstić information content (AvgIpc) is 3.49. The highest BCUT2D eigenvalue weighted by Gasteiger charge is 2.56. The summed E-state index contributed by atoms with van der Waals surface area (Å²) in [5, 5.41) is 7.63. The van der Waals surface area contributed by atoms with Crippen molar-refractivity contribution in [3.05, 3.63) is 221 Å². The molecule has 1 spiro atoms. The summed E-state index contributed by atoms with van der Waals surface area (Å²) in [6.45, 7) is 0. The topological polar surface area (TPSA) is 33.3 Å². The SMILES string of the molecule is C1=CC2c3ccccc3C3(c4ccccc4Oc4ccc(-c5ccc(C6NC(c7ccccc7)=CC(c7ccccc7)N6)cc5)cc43)C2C=C1. The predicted octanol–water partition coefficient (Wildman–Crippen LogP) is 10.6. The molecule has 0 bridgehead atoms. The van der Waals surface area contributed by atoms with E-state index in [1.54, 1.807) is 0 Å². The maximum absolute atomic E-state index is 6.68. The van der Waals surface area contributed by atoms with Crippen molar-refractivity contribution in [2.45, 2.75) is 23.5 Å². The van der Waals surface area contributed by atoms with Gasteiger partial charge in [0, 0.05) is 28.7 Å². The first-order valence-electron chi connectivity index (χ1n) is 17.6. The van der Waals surface area contributed by atoms with Crippen molar-refractivity contribution in [3.63, 3.8) is 0 Å². The van der Waals surface area contributed by atoms with Crippen molar-refractivity contribution < 1.29 is 4.74 Å². The predicted molar refractivity (Wildman–Crippen MR) is 202 cm³/mol. The lowest BCUT2D eigenvalue weighted by molar-refractivity contribution is 0.374. The highest BCUT2D eigenvalue weighted by Crippen LogP contribution is 2.64. The summed E-state index contributed by atoms with van der Waals surface area (Å²) in [4.78, 5) is 0. The molecule has 2 aliphatic heterocycles. The first kappa shape index (κ1) is 29.1. The highest BCUT2D eigenvalue weighted by atomic mass is 16.5. The van der Waals surface area contributed by atoms with Gasteiger partial charge in [0.05, 0.1) is 11.5 Å². The van der Waals surface area contributed by atoms with Gasteiger partial charge in [-0.3, -0.25) is 5.32 Å². The van der Waals surface area contributed by atoms with Crippen LogP contribution in [0.2, 0.25) is 0 Å². The molecule has 0 saturated carbocycles. The minimum absolute atomic E-state index is 0.0516. The highest BCUT2D eigenvalue weighted by molar-refractivity contribution is 5.75. The summed E-state index contributed by atoms with van der Waals surface area (Å²) < 4.78 is 6.68. The molecule has 3 nitrogen and oxygen atoms in total. The van der Waals surface area contributed by atoms with E-state index in [2.05, 4.69) is 193 Å². The van der Waals surface area contributed by atoms with E-state index in [4.69, 9.17) is 4.74 Å². The molecular formula is C47H36N2O. The van der Waals surface area contributed by atoms with E-state index < -0.39 is 0 Å². The van der Waals surface area contributed by atoms with Crippen molar-refractivity contribution in [2.75, 3.05) is 0 Å². The zero-order valence-electron chi connectivity index (χ0n) is 27.5. The Hall–Kier alpha value is -5.90. The summed E-state index contributed by atoms with van der Waals surface area (Å²) in [5.74, 6) is 2.44. The van der Waals surface area contributed by atoms with E-state index in [1.165, 1.54) is 50.1 Å². The Kier molecular flexibility index (Phi) is 6.75. The van der Waals surface area contributed by atoms with E-state index in [0.29, 0.717) is 5.92 Å². The third-order valence-corrected chi connectivity index (χ3v) is 11.1. The minimum atomic E-state index is -0.356. The maximum Gasteiger partial charge on any atom is 0.131 e. The molecule has 4 aliphatic rings. The fourth-order valence-corrected chi connectivity index (χ4v) is 8.88. The van der Waals surface area contributed by atoms with E-state index >= 15 is 0 Å². The van der Waals surface area contributed by atoms with Gasteiger partial charge in [-0.15, -0.1) is 0 Å². The first-order valence-corrected chi connectivity index (χ1v) is 17.6. The van der Waals surface area contributed by atoms with Crippen LogP contribution < -0.4 is 15.4 Å². The van der Waals surface area contributed by atoms with E-state index in [0.717, 1.165) is 17.2 Å². The van der Waals surface area contributed by atoms with Crippen molar-refractivity contribution in [1.29, 1.82) is 0 Å². The van der Waals surface area contributed by atoms with Crippen LogP contribution in [-0.2, 0) is 5.41 Å². The van der Waals surface area contributed by atoms with E-state index in [9.17, 15) is 0 Å². The maximum atomic E-state index is 6.68. The van der Waals surface area contributed by atoms with Gasteiger partial charge in [0.25, 0.3) is 0 Å². The summed E-state index contributed by atoms with van der Waals surface area (Å²) in [5.41, 5.74) is 12.0. The van der Waals surface area contributed by atoms with Crippen LogP contribution in [0.15, 0.2) is 182 Å². The summed E-state index contributed by atoms with van der Waals surface area (Å²) in [6, 6.07) is 54.8. The van der Waals surface area contributed by atoms with Gasteiger partial charge in [-0.1, -0.05) is 158 Å². The molecule has 2 heterocycles. The van der Waals surface area contributed by atoms with E-state index in [1.807, 2.05) is 0 Å². The molecule has 5 atom stereocenters. The second-order valence-corrected chi connectivity index (χ2v) is 13.7. The lowest BCUT2D eigenvalue weighted by Crippen LogP contribution is -2.39. The Balaban J connectivity index is 1.04. The molecule has 240 valence electrons. The summed E-state index contributed by atoms with van der Waals surface area (Å²) in [7, 11) is 0. The first-order chi connectivity index (χ1) is 24.8. The van der Waals surface area contributed by atoms with Crippen LogP contribution in [0.5, 0.6) is 11.5 Å². The van der Waals surface area contributed by atoms with Crippen molar-refractivity contribution in [1.82, 2.24) is 10.6 Å². The Bertz CT molecular complexity index is 2320. The number of fused-ring (bicyclic) bond motifs is 9. The largest absolute Gasteiger partial charge is 0.457 e. The Labute approximate surface area is 293 Å². The van der Waals surface area contributed by atoms with Gasteiger partial charge in [-0.25, -0.2) is 0 Å². The second kappa shape index (κ2) is 11.6. The Morgan fingerprint density at radius 2 is 1.20 bits per heavy atom. The summed E-state index contributed by atoms with van der Waals surface area (Å²) in [6.07, 6.45) is 11.5. The van der Waals surface area contributed by atoms with Crippen molar-refractivity contribution in [2.24, 2.45) is 5.92 Å². The van der Waals surface area contributed by atoms with Gasteiger partial charge in [-0.05, 0) is 63.2 Å². The fraction of sp³-hybridized carbons (Fsp3) is 0.106. The van der Waals surface area contributed by atoms with Gasteiger partial charge in [0.1, 0.15) is 17.7 Å². The molecular weight excluding hydrogens is 609 g/mol. The van der Waals surface area contributed by atoms with Crippen LogP contribution in [0.1, 0.15) is 57.1 Å². The van der Waals surface area contributed by atoms with Gasteiger partial charge in [0.2, 0.25) is 0 Å².